The molecular formula is C11H16O7. The second kappa shape index (κ2) is 9.17. The van der Waals surface area contributed by atoms with Crippen molar-refractivity contribution in [3.8, 4) is 0 Å². The predicted octanol–water partition coefficient (Wildman–Crippen LogP) is 0.268. The first-order valence-corrected chi connectivity index (χ1v) is 5.37. The molecule has 0 fully saturated rings. The van der Waals surface area contributed by atoms with Gasteiger partial charge in [-0.25, -0.2) is 19.4 Å². The SMILES string of the molecule is C=CC(=O)OOC(=O)CCC(=O)OCC(O)CC. The van der Waals surface area contributed by atoms with Gasteiger partial charge in [-0.1, -0.05) is 13.5 Å². The molecule has 0 aromatic carbocycles. The van der Waals surface area contributed by atoms with E-state index in [0.29, 0.717) is 6.42 Å². The number of carbonyl (C=O) groups is 3. The maximum atomic E-state index is 11.1. The van der Waals surface area contributed by atoms with Crippen molar-refractivity contribution < 1.29 is 34.0 Å². The molecular weight excluding hydrogens is 244 g/mol. The van der Waals surface area contributed by atoms with Crippen LogP contribution in [0, 0.1) is 0 Å². The summed E-state index contributed by atoms with van der Waals surface area (Å²) >= 11 is 0. The quantitative estimate of drug-likeness (QED) is 0.303. The first-order chi connectivity index (χ1) is 8.49. The summed E-state index contributed by atoms with van der Waals surface area (Å²) in [5, 5.41) is 9.12. The lowest BCUT2D eigenvalue weighted by Gasteiger charge is -2.08. The van der Waals surface area contributed by atoms with Crippen LogP contribution in [0.25, 0.3) is 0 Å². The van der Waals surface area contributed by atoms with Gasteiger partial charge in [0.1, 0.15) is 6.61 Å². The van der Waals surface area contributed by atoms with Gasteiger partial charge in [0.05, 0.1) is 18.9 Å². The van der Waals surface area contributed by atoms with Gasteiger partial charge in [-0.15, -0.1) is 0 Å². The highest BCUT2D eigenvalue weighted by Gasteiger charge is 2.12. The minimum Gasteiger partial charge on any atom is -0.463 e. The van der Waals surface area contributed by atoms with Crippen LogP contribution in [0.1, 0.15) is 26.2 Å². The van der Waals surface area contributed by atoms with E-state index in [0.717, 1.165) is 6.08 Å². The van der Waals surface area contributed by atoms with E-state index in [1.807, 2.05) is 0 Å². The number of hydrogen-bond donors (Lipinski definition) is 1. The number of hydrogen-bond acceptors (Lipinski definition) is 7. The van der Waals surface area contributed by atoms with Crippen molar-refractivity contribution in [2.75, 3.05) is 6.61 Å². The molecule has 1 unspecified atom stereocenters. The molecule has 0 saturated carbocycles. The summed E-state index contributed by atoms with van der Waals surface area (Å²) in [6.07, 6.45) is 0.0711. The molecule has 18 heavy (non-hydrogen) atoms. The molecule has 0 aromatic heterocycles. The number of esters is 1. The van der Waals surface area contributed by atoms with Crippen molar-refractivity contribution in [3.05, 3.63) is 12.7 Å². The number of aliphatic hydroxyl groups excluding tert-OH is 1. The van der Waals surface area contributed by atoms with Crippen molar-refractivity contribution in [2.45, 2.75) is 32.3 Å². The van der Waals surface area contributed by atoms with Crippen molar-refractivity contribution in [3.63, 3.8) is 0 Å². The third-order valence-corrected chi connectivity index (χ3v) is 1.82. The lowest BCUT2D eigenvalue weighted by Crippen LogP contribution is -2.18. The van der Waals surface area contributed by atoms with Gasteiger partial charge in [-0.3, -0.25) is 4.79 Å². The van der Waals surface area contributed by atoms with Crippen LogP contribution in [-0.2, 0) is 28.9 Å². The Bertz CT molecular complexity index is 311. The number of carbonyl (C=O) groups excluding carboxylic acids is 3. The summed E-state index contributed by atoms with van der Waals surface area (Å²) < 4.78 is 4.67. The van der Waals surface area contributed by atoms with Crippen LogP contribution in [0.4, 0.5) is 0 Å². The molecule has 0 spiro atoms. The lowest BCUT2D eigenvalue weighted by atomic mass is 10.3. The lowest BCUT2D eigenvalue weighted by molar-refractivity contribution is -0.255. The monoisotopic (exact) mass is 260 g/mol. The Morgan fingerprint density at radius 3 is 2.39 bits per heavy atom. The zero-order chi connectivity index (χ0) is 14.0. The molecule has 0 aliphatic rings. The number of rotatable bonds is 7. The average Bonchev–Trinajstić information content (AvgIpc) is 2.39. The fourth-order valence-electron chi connectivity index (χ4n) is 0.747. The van der Waals surface area contributed by atoms with Crippen molar-refractivity contribution in [2.24, 2.45) is 0 Å². The largest absolute Gasteiger partial charge is 0.463 e. The van der Waals surface area contributed by atoms with E-state index >= 15 is 0 Å². The third kappa shape index (κ3) is 8.28. The van der Waals surface area contributed by atoms with Crippen molar-refractivity contribution in [1.82, 2.24) is 0 Å². The van der Waals surface area contributed by atoms with E-state index in [1.54, 1.807) is 6.92 Å². The van der Waals surface area contributed by atoms with Crippen LogP contribution in [-0.4, -0.2) is 35.7 Å². The van der Waals surface area contributed by atoms with E-state index < -0.39 is 24.0 Å². The third-order valence-electron chi connectivity index (χ3n) is 1.82. The fourth-order valence-corrected chi connectivity index (χ4v) is 0.747. The number of ether oxygens (including phenoxy) is 1. The minimum atomic E-state index is -0.906. The maximum Gasteiger partial charge on any atom is 0.378 e. The smallest absolute Gasteiger partial charge is 0.378 e. The molecule has 0 aliphatic heterocycles. The van der Waals surface area contributed by atoms with Gasteiger partial charge >= 0.3 is 17.9 Å². The van der Waals surface area contributed by atoms with E-state index in [2.05, 4.69) is 21.1 Å². The van der Waals surface area contributed by atoms with Crippen LogP contribution in [0.2, 0.25) is 0 Å². The highest BCUT2D eigenvalue weighted by Crippen LogP contribution is 1.99. The van der Waals surface area contributed by atoms with Gasteiger partial charge in [0.2, 0.25) is 0 Å². The minimum absolute atomic E-state index is 0.115. The van der Waals surface area contributed by atoms with Gasteiger partial charge in [0.15, 0.2) is 0 Å². The maximum absolute atomic E-state index is 11.1. The van der Waals surface area contributed by atoms with Crippen LogP contribution < -0.4 is 0 Å². The molecule has 0 rings (SSSR count). The first-order valence-electron chi connectivity index (χ1n) is 5.37. The molecule has 1 N–H and O–H groups in total. The Labute approximate surface area is 104 Å². The Balaban J connectivity index is 3.68. The van der Waals surface area contributed by atoms with Gasteiger partial charge < -0.3 is 9.84 Å². The molecule has 0 aromatic rings. The normalized spacial score (nSPS) is 11.2. The van der Waals surface area contributed by atoms with Crippen molar-refractivity contribution in [1.29, 1.82) is 0 Å². The Kier molecular flexibility index (Phi) is 8.21. The van der Waals surface area contributed by atoms with Gasteiger partial charge in [0, 0.05) is 6.08 Å². The second-order valence-electron chi connectivity index (χ2n) is 3.31. The summed E-state index contributed by atoms with van der Waals surface area (Å²) in [6.45, 7) is 4.72. The van der Waals surface area contributed by atoms with Crippen LogP contribution >= 0.6 is 0 Å². The van der Waals surface area contributed by atoms with Crippen LogP contribution in [0.5, 0.6) is 0 Å². The van der Waals surface area contributed by atoms with Gasteiger partial charge in [-0.05, 0) is 6.42 Å². The molecule has 102 valence electrons. The molecule has 0 heterocycles. The molecule has 0 aliphatic carbocycles. The number of aliphatic hydroxyl groups is 1. The highest BCUT2D eigenvalue weighted by atomic mass is 17.2. The zero-order valence-electron chi connectivity index (χ0n) is 10.1. The summed E-state index contributed by atoms with van der Waals surface area (Å²) in [4.78, 5) is 40.7. The summed E-state index contributed by atoms with van der Waals surface area (Å²) in [6, 6.07) is 0. The van der Waals surface area contributed by atoms with Crippen LogP contribution in [0.15, 0.2) is 12.7 Å². The molecule has 0 amide bonds. The predicted molar refractivity (Wildman–Crippen MR) is 58.9 cm³/mol. The molecule has 7 nitrogen and oxygen atoms in total. The van der Waals surface area contributed by atoms with Gasteiger partial charge in [-0.2, -0.15) is 0 Å². The second-order valence-corrected chi connectivity index (χ2v) is 3.31. The topological polar surface area (TPSA) is 99.1 Å². The fraction of sp³-hybridized carbons (Fsp3) is 0.545. The van der Waals surface area contributed by atoms with Crippen molar-refractivity contribution >= 4 is 17.9 Å². The zero-order valence-corrected chi connectivity index (χ0v) is 10.1. The Morgan fingerprint density at radius 1 is 1.22 bits per heavy atom. The van der Waals surface area contributed by atoms with E-state index in [4.69, 9.17) is 5.11 Å². The molecule has 1 atom stereocenters. The molecule has 0 radical (unpaired) electrons. The van der Waals surface area contributed by atoms with E-state index in [9.17, 15) is 14.4 Å². The van der Waals surface area contributed by atoms with Gasteiger partial charge in [0.25, 0.3) is 0 Å². The first kappa shape index (κ1) is 16.1. The van der Waals surface area contributed by atoms with Crippen LogP contribution in [0.3, 0.4) is 0 Å². The summed E-state index contributed by atoms with van der Waals surface area (Å²) in [5.41, 5.74) is 0. The molecule has 0 saturated heterocycles. The van der Waals surface area contributed by atoms with E-state index in [1.165, 1.54) is 0 Å². The molecule has 0 bridgehead atoms. The standard InChI is InChI=1S/C11H16O7/c1-3-8(12)7-16-10(14)5-6-11(15)18-17-9(13)4-2/h4,8,12H,2-3,5-7H2,1H3. The summed E-state index contributed by atoms with van der Waals surface area (Å²) in [5.74, 6) is -2.43. The average molecular weight is 260 g/mol. The summed E-state index contributed by atoms with van der Waals surface area (Å²) in [7, 11) is 0. The Hall–Kier alpha value is -1.89. The molecule has 7 heteroatoms. The Morgan fingerprint density at radius 2 is 1.83 bits per heavy atom. The van der Waals surface area contributed by atoms with E-state index in [-0.39, 0.29) is 19.4 Å². The highest BCUT2D eigenvalue weighted by molar-refractivity contribution is 5.82.